The normalized spacial score (nSPS) is 11.2. The number of nitrogens with two attached hydrogens (primary N) is 1. The van der Waals surface area contributed by atoms with Crippen LogP contribution in [0.3, 0.4) is 0 Å². The van der Waals surface area contributed by atoms with E-state index < -0.39 is 16.0 Å². The molecule has 0 fully saturated rings. The molecule has 19 heavy (non-hydrogen) atoms. The highest BCUT2D eigenvalue weighted by molar-refractivity contribution is 7.86. The maximum absolute atomic E-state index is 11.4. The van der Waals surface area contributed by atoms with Gasteiger partial charge in [-0.15, -0.1) is 11.3 Å². The third-order valence-corrected chi connectivity index (χ3v) is 3.45. The molecule has 2 rings (SSSR count). The predicted octanol–water partition coefficient (Wildman–Crippen LogP) is 1.25. The second kappa shape index (κ2) is 4.98. The van der Waals surface area contributed by atoms with Gasteiger partial charge in [0.15, 0.2) is 5.75 Å². The summed E-state index contributed by atoms with van der Waals surface area (Å²) in [4.78, 5) is 15.5. The molecule has 8 heteroatoms. The number of amides is 1. The zero-order valence-electron chi connectivity index (χ0n) is 9.86. The van der Waals surface area contributed by atoms with Gasteiger partial charge in [0.25, 0.3) is 0 Å². The molecule has 1 aromatic heterocycles. The number of hydrogen-bond donors (Lipinski definition) is 1. The lowest BCUT2D eigenvalue weighted by atomic mass is 10.1. The van der Waals surface area contributed by atoms with Gasteiger partial charge in [0.2, 0.25) is 5.91 Å². The van der Waals surface area contributed by atoms with Crippen LogP contribution in [0.1, 0.15) is 10.4 Å². The summed E-state index contributed by atoms with van der Waals surface area (Å²) in [6.45, 7) is 0. The molecule has 0 radical (unpaired) electrons. The summed E-state index contributed by atoms with van der Waals surface area (Å²) in [5.74, 6) is -0.641. The summed E-state index contributed by atoms with van der Waals surface area (Å²) < 4.78 is 27.4. The molecule has 6 nitrogen and oxygen atoms in total. The Morgan fingerprint density at radius 1 is 1.42 bits per heavy atom. The van der Waals surface area contributed by atoms with Crippen LogP contribution in [0.5, 0.6) is 5.75 Å². The summed E-state index contributed by atoms with van der Waals surface area (Å²) in [6.07, 6.45) is 2.47. The fourth-order valence-corrected chi connectivity index (χ4v) is 2.70. The highest BCUT2D eigenvalue weighted by Gasteiger charge is 2.19. The van der Waals surface area contributed by atoms with Crippen LogP contribution in [0.4, 0.5) is 0 Å². The van der Waals surface area contributed by atoms with Gasteiger partial charge < -0.3 is 9.92 Å². The lowest BCUT2D eigenvalue weighted by Crippen LogP contribution is -2.14. The molecule has 2 N–H and O–H groups in total. The van der Waals surface area contributed by atoms with Crippen LogP contribution in [0.15, 0.2) is 29.8 Å². The molecule has 0 aliphatic carbocycles. The first-order valence-corrected chi connectivity index (χ1v) is 7.80. The van der Waals surface area contributed by atoms with Crippen molar-refractivity contribution in [2.75, 3.05) is 6.26 Å². The van der Waals surface area contributed by atoms with Crippen LogP contribution < -0.4 is 9.92 Å². The average Bonchev–Trinajstić information content (AvgIpc) is 2.79. The van der Waals surface area contributed by atoms with Gasteiger partial charge in [-0.2, -0.15) is 8.42 Å². The smallest absolute Gasteiger partial charge is 0.306 e. The first-order chi connectivity index (χ1) is 8.88. The molecular formula is C11H10N2O4S2. The maximum atomic E-state index is 11.4. The Balaban J connectivity index is 2.67. The monoisotopic (exact) mass is 298 g/mol. The Bertz CT molecular complexity index is 708. The van der Waals surface area contributed by atoms with Crippen LogP contribution in [0.2, 0.25) is 0 Å². The summed E-state index contributed by atoms with van der Waals surface area (Å²) in [6, 6.07) is 4.44. The highest BCUT2D eigenvalue weighted by Crippen LogP contribution is 2.35. The lowest BCUT2D eigenvalue weighted by Gasteiger charge is -2.10. The summed E-state index contributed by atoms with van der Waals surface area (Å²) in [7, 11) is -3.71. The topological polar surface area (TPSA) is 99.4 Å². The average molecular weight is 298 g/mol. The number of carbonyl (C=O) groups excluding carboxylic acids is 1. The summed E-state index contributed by atoms with van der Waals surface area (Å²) in [5.41, 5.74) is 5.74. The van der Waals surface area contributed by atoms with E-state index >= 15 is 0 Å². The molecule has 1 aromatic carbocycles. The van der Waals surface area contributed by atoms with Gasteiger partial charge in [-0.3, -0.25) is 4.79 Å². The van der Waals surface area contributed by atoms with E-state index in [1.807, 2.05) is 0 Å². The van der Waals surface area contributed by atoms with Crippen molar-refractivity contribution in [1.29, 1.82) is 0 Å². The van der Waals surface area contributed by atoms with Crippen molar-refractivity contribution in [2.45, 2.75) is 0 Å². The van der Waals surface area contributed by atoms with E-state index in [0.717, 1.165) is 6.26 Å². The van der Waals surface area contributed by atoms with Gasteiger partial charge in [-0.1, -0.05) is 6.07 Å². The lowest BCUT2D eigenvalue weighted by molar-refractivity contribution is 0.100. The first kappa shape index (κ1) is 13.5. The predicted molar refractivity (Wildman–Crippen MR) is 71.5 cm³/mol. The molecule has 1 heterocycles. The number of benzene rings is 1. The van der Waals surface area contributed by atoms with Gasteiger partial charge >= 0.3 is 10.1 Å². The van der Waals surface area contributed by atoms with Gasteiger partial charge in [-0.05, 0) is 12.1 Å². The molecule has 0 bridgehead atoms. The Labute approximate surface area is 114 Å². The number of hydrogen-bond acceptors (Lipinski definition) is 6. The van der Waals surface area contributed by atoms with E-state index in [4.69, 9.17) is 9.92 Å². The van der Waals surface area contributed by atoms with E-state index in [9.17, 15) is 13.2 Å². The van der Waals surface area contributed by atoms with Crippen molar-refractivity contribution < 1.29 is 17.4 Å². The van der Waals surface area contributed by atoms with E-state index in [1.165, 1.54) is 29.5 Å². The zero-order valence-corrected chi connectivity index (χ0v) is 11.5. The standard InChI is InChI=1S/C11H10N2O4S2/c1-19(15,16)17-8-4-2-3-7(10(12)14)9(8)11-13-5-6-18-11/h2-6H,1H3,(H2,12,14). The van der Waals surface area contributed by atoms with Crippen molar-refractivity contribution in [3.63, 3.8) is 0 Å². The number of rotatable bonds is 4. The van der Waals surface area contributed by atoms with E-state index in [1.54, 1.807) is 11.6 Å². The number of thiazole rings is 1. The number of carbonyl (C=O) groups is 1. The summed E-state index contributed by atoms with van der Waals surface area (Å²) >= 11 is 1.25. The van der Waals surface area contributed by atoms with Crippen molar-refractivity contribution in [3.8, 4) is 16.3 Å². The maximum Gasteiger partial charge on any atom is 0.306 e. The number of primary amides is 1. The minimum Gasteiger partial charge on any atom is -0.382 e. The van der Waals surface area contributed by atoms with Crippen LogP contribution >= 0.6 is 11.3 Å². The van der Waals surface area contributed by atoms with Crippen molar-refractivity contribution >= 4 is 27.4 Å². The molecule has 0 aliphatic heterocycles. The summed E-state index contributed by atoms with van der Waals surface area (Å²) in [5, 5.41) is 2.17. The molecule has 0 atom stereocenters. The first-order valence-electron chi connectivity index (χ1n) is 5.10. The largest absolute Gasteiger partial charge is 0.382 e. The van der Waals surface area contributed by atoms with Crippen LogP contribution in [-0.2, 0) is 10.1 Å². The third-order valence-electron chi connectivity index (χ3n) is 2.18. The van der Waals surface area contributed by atoms with Gasteiger partial charge in [0, 0.05) is 11.6 Å². The van der Waals surface area contributed by atoms with Crippen LogP contribution in [0, 0.1) is 0 Å². The fourth-order valence-electron chi connectivity index (χ4n) is 1.54. The second-order valence-corrected chi connectivity index (χ2v) is 6.14. The van der Waals surface area contributed by atoms with Crippen molar-refractivity contribution in [2.24, 2.45) is 5.73 Å². The Hall–Kier alpha value is -1.93. The van der Waals surface area contributed by atoms with Crippen molar-refractivity contribution in [3.05, 3.63) is 35.3 Å². The quantitative estimate of drug-likeness (QED) is 0.856. The minimum absolute atomic E-state index is 0.0359. The molecule has 0 saturated heterocycles. The van der Waals surface area contributed by atoms with Gasteiger partial charge in [-0.25, -0.2) is 4.98 Å². The fraction of sp³-hybridized carbons (Fsp3) is 0.0909. The van der Waals surface area contributed by atoms with E-state index in [-0.39, 0.29) is 16.9 Å². The number of nitrogens with zero attached hydrogens (tertiary/aromatic N) is 1. The van der Waals surface area contributed by atoms with Crippen LogP contribution in [-0.4, -0.2) is 25.6 Å². The molecule has 0 aliphatic rings. The molecular weight excluding hydrogens is 288 g/mol. The highest BCUT2D eigenvalue weighted by atomic mass is 32.2. The Morgan fingerprint density at radius 3 is 2.68 bits per heavy atom. The van der Waals surface area contributed by atoms with Crippen LogP contribution in [0.25, 0.3) is 10.6 Å². The second-order valence-electron chi connectivity index (χ2n) is 3.67. The Kier molecular flexibility index (Phi) is 3.54. The number of aromatic nitrogens is 1. The van der Waals surface area contributed by atoms with E-state index in [0.29, 0.717) is 5.01 Å². The van der Waals surface area contributed by atoms with Crippen molar-refractivity contribution in [1.82, 2.24) is 4.98 Å². The minimum atomic E-state index is -3.71. The molecule has 1 amide bonds. The molecule has 0 unspecified atom stereocenters. The van der Waals surface area contributed by atoms with Gasteiger partial charge in [0.1, 0.15) is 5.01 Å². The molecule has 0 spiro atoms. The Morgan fingerprint density at radius 2 is 2.16 bits per heavy atom. The van der Waals surface area contributed by atoms with E-state index in [2.05, 4.69) is 4.98 Å². The van der Waals surface area contributed by atoms with Gasteiger partial charge in [0.05, 0.1) is 17.4 Å². The SMILES string of the molecule is CS(=O)(=O)Oc1cccc(C(N)=O)c1-c1nccs1. The molecule has 2 aromatic rings. The zero-order chi connectivity index (χ0) is 14.0. The molecule has 0 saturated carbocycles. The third kappa shape index (κ3) is 3.09. The molecule has 100 valence electrons.